The van der Waals surface area contributed by atoms with Gasteiger partial charge in [0.2, 0.25) is 5.82 Å². The number of hydrazone groups is 1. The number of hydrogen-bond donors (Lipinski definition) is 4. The highest BCUT2D eigenvalue weighted by atomic mass is 35.5. The molecule has 0 aliphatic heterocycles. The molecule has 0 aliphatic carbocycles. The molecule has 1 aromatic heterocycles. The van der Waals surface area contributed by atoms with Crippen molar-refractivity contribution in [2.75, 3.05) is 5.32 Å². The fraction of sp³-hybridized carbons (Fsp3) is 0.154. The van der Waals surface area contributed by atoms with E-state index in [4.69, 9.17) is 23.2 Å². The van der Waals surface area contributed by atoms with Crippen molar-refractivity contribution in [3.8, 4) is 0 Å². The lowest BCUT2D eigenvalue weighted by atomic mass is 10.2. The number of carbonyl (C=O) groups excluding carboxylic acids is 1. The minimum Gasteiger partial charge on any atom is -0.353 e. The predicted molar refractivity (Wildman–Crippen MR) is 90.8 cm³/mol. The zero-order chi connectivity index (χ0) is 17.7. The summed E-state index contributed by atoms with van der Waals surface area (Å²) < 4.78 is 0. The second-order valence-electron chi connectivity index (χ2n) is 4.59. The quantitative estimate of drug-likeness (QED) is 0.454. The summed E-state index contributed by atoms with van der Waals surface area (Å²) >= 11 is 11.9. The molecule has 1 amide bonds. The average molecular weight is 371 g/mol. The molecular weight excluding hydrogens is 359 g/mol. The number of nitrogens with one attached hydrogen (secondary N) is 4. The fourth-order valence-electron chi connectivity index (χ4n) is 1.61. The number of aromatic amines is 2. The Morgan fingerprint density at radius 1 is 1.33 bits per heavy atom. The van der Waals surface area contributed by atoms with Crippen molar-refractivity contribution in [1.82, 2.24) is 20.6 Å². The normalized spacial score (nSPS) is 12.1. The molecule has 0 bridgehead atoms. The number of rotatable bonds is 5. The third kappa shape index (κ3) is 4.43. The van der Waals surface area contributed by atoms with Gasteiger partial charge >= 0.3 is 5.69 Å². The SMILES string of the molecule is C[C@@H](Nc1n[nH]c(=O)[nH]c1=O)C(=O)N/N=C\c1c(Cl)cccc1Cl. The zero-order valence-corrected chi connectivity index (χ0v) is 13.8. The minimum absolute atomic E-state index is 0.199. The lowest BCUT2D eigenvalue weighted by Crippen LogP contribution is -2.38. The molecule has 0 radical (unpaired) electrons. The molecule has 1 heterocycles. The third-order valence-corrected chi connectivity index (χ3v) is 3.49. The van der Waals surface area contributed by atoms with E-state index in [1.807, 2.05) is 10.1 Å². The number of benzene rings is 1. The Morgan fingerprint density at radius 3 is 2.62 bits per heavy atom. The second kappa shape index (κ2) is 7.75. The molecule has 1 aromatic carbocycles. The fourth-order valence-corrected chi connectivity index (χ4v) is 2.10. The maximum Gasteiger partial charge on any atom is 0.342 e. The summed E-state index contributed by atoms with van der Waals surface area (Å²) in [5, 5.41) is 12.6. The molecule has 24 heavy (non-hydrogen) atoms. The van der Waals surface area contributed by atoms with Crippen LogP contribution in [0.5, 0.6) is 0 Å². The summed E-state index contributed by atoms with van der Waals surface area (Å²) in [7, 11) is 0. The Hall–Kier alpha value is -2.65. The van der Waals surface area contributed by atoms with E-state index < -0.39 is 23.2 Å². The molecule has 0 saturated carbocycles. The number of amides is 1. The van der Waals surface area contributed by atoms with Crippen LogP contribution < -0.4 is 22.0 Å². The number of H-pyrrole nitrogens is 2. The monoisotopic (exact) mass is 370 g/mol. The summed E-state index contributed by atoms with van der Waals surface area (Å²) in [5.74, 6) is -0.739. The molecule has 0 fully saturated rings. The van der Waals surface area contributed by atoms with Crippen LogP contribution in [0.25, 0.3) is 0 Å². The van der Waals surface area contributed by atoms with E-state index in [2.05, 4.69) is 20.9 Å². The van der Waals surface area contributed by atoms with Crippen LogP contribution in [0.1, 0.15) is 12.5 Å². The average Bonchev–Trinajstić information content (AvgIpc) is 2.52. The molecule has 9 nitrogen and oxygen atoms in total. The highest BCUT2D eigenvalue weighted by molar-refractivity contribution is 6.38. The first-order valence-corrected chi connectivity index (χ1v) is 7.36. The van der Waals surface area contributed by atoms with Crippen molar-refractivity contribution >= 4 is 41.1 Å². The summed E-state index contributed by atoms with van der Waals surface area (Å²) in [6.45, 7) is 1.49. The maximum absolute atomic E-state index is 11.9. The first-order valence-electron chi connectivity index (χ1n) is 6.61. The van der Waals surface area contributed by atoms with E-state index in [0.717, 1.165) is 0 Å². The van der Waals surface area contributed by atoms with Crippen LogP contribution in [0.3, 0.4) is 0 Å². The van der Waals surface area contributed by atoms with Crippen LogP contribution in [-0.4, -0.2) is 33.3 Å². The van der Waals surface area contributed by atoms with Crippen LogP contribution in [0, 0.1) is 0 Å². The highest BCUT2D eigenvalue weighted by Crippen LogP contribution is 2.21. The van der Waals surface area contributed by atoms with Crippen LogP contribution in [0.4, 0.5) is 5.82 Å². The minimum atomic E-state index is -0.844. The van der Waals surface area contributed by atoms with Crippen molar-refractivity contribution in [3.05, 3.63) is 54.6 Å². The van der Waals surface area contributed by atoms with Crippen molar-refractivity contribution in [2.45, 2.75) is 13.0 Å². The molecule has 11 heteroatoms. The van der Waals surface area contributed by atoms with Gasteiger partial charge in [0.25, 0.3) is 11.5 Å². The number of aromatic nitrogens is 3. The van der Waals surface area contributed by atoms with Crippen LogP contribution >= 0.6 is 23.2 Å². The largest absolute Gasteiger partial charge is 0.353 e. The van der Waals surface area contributed by atoms with Gasteiger partial charge in [-0.25, -0.2) is 15.3 Å². The number of carbonyl (C=O) groups is 1. The Labute approximate surface area is 145 Å². The van der Waals surface area contributed by atoms with Gasteiger partial charge in [-0.1, -0.05) is 29.3 Å². The topological polar surface area (TPSA) is 132 Å². The van der Waals surface area contributed by atoms with Gasteiger partial charge in [-0.05, 0) is 19.1 Å². The van der Waals surface area contributed by atoms with E-state index in [1.54, 1.807) is 18.2 Å². The van der Waals surface area contributed by atoms with Gasteiger partial charge in [0.15, 0.2) is 0 Å². The van der Waals surface area contributed by atoms with E-state index in [1.165, 1.54) is 13.1 Å². The lowest BCUT2D eigenvalue weighted by Gasteiger charge is -2.11. The molecule has 0 aliphatic rings. The highest BCUT2D eigenvalue weighted by Gasteiger charge is 2.14. The number of nitrogens with zero attached hydrogens (tertiary/aromatic N) is 2. The number of anilines is 1. The van der Waals surface area contributed by atoms with Gasteiger partial charge in [0.05, 0.1) is 16.3 Å². The van der Waals surface area contributed by atoms with Gasteiger partial charge in [0.1, 0.15) is 6.04 Å². The summed E-state index contributed by atoms with van der Waals surface area (Å²) in [5.41, 5.74) is 1.24. The van der Waals surface area contributed by atoms with Crippen molar-refractivity contribution < 1.29 is 4.79 Å². The molecule has 4 N–H and O–H groups in total. The van der Waals surface area contributed by atoms with Crippen LogP contribution in [-0.2, 0) is 4.79 Å². The summed E-state index contributed by atoms with van der Waals surface area (Å²) in [6, 6.07) is 4.11. The zero-order valence-electron chi connectivity index (χ0n) is 12.3. The van der Waals surface area contributed by atoms with Gasteiger partial charge in [-0.2, -0.15) is 5.10 Å². The Bertz CT molecular complexity index is 872. The van der Waals surface area contributed by atoms with Crippen molar-refractivity contribution in [1.29, 1.82) is 0 Å². The third-order valence-electron chi connectivity index (χ3n) is 2.83. The Balaban J connectivity index is 2.00. The standard InChI is InChI=1S/C13H12Cl2N6O3/c1-6(17-10-12(23)18-13(24)21-19-10)11(22)20-16-5-7-8(14)3-2-4-9(7)15/h2-6H,1H3,(H,17,19)(H,20,22)(H2,18,21,23,24)/b16-5-/t6-/m1/s1. The predicted octanol–water partition coefficient (Wildman–Crippen LogP) is 0.716. The van der Waals surface area contributed by atoms with Gasteiger partial charge in [-0.3, -0.25) is 14.6 Å². The first-order chi connectivity index (χ1) is 11.4. The number of halogens is 2. The first kappa shape index (κ1) is 17.7. The molecule has 0 unspecified atom stereocenters. The molecular formula is C13H12Cl2N6O3. The number of hydrogen-bond acceptors (Lipinski definition) is 6. The summed E-state index contributed by atoms with van der Waals surface area (Å²) in [6.07, 6.45) is 1.31. The molecule has 2 aromatic rings. The second-order valence-corrected chi connectivity index (χ2v) is 5.41. The maximum atomic E-state index is 11.9. The van der Waals surface area contributed by atoms with Crippen LogP contribution in [0.2, 0.25) is 10.0 Å². The molecule has 0 saturated heterocycles. The Kier molecular flexibility index (Phi) is 5.72. The summed E-state index contributed by atoms with van der Waals surface area (Å²) in [4.78, 5) is 36.3. The lowest BCUT2D eigenvalue weighted by molar-refractivity contribution is -0.121. The smallest absolute Gasteiger partial charge is 0.342 e. The molecule has 2 rings (SSSR count). The molecule has 126 valence electrons. The molecule has 1 atom stereocenters. The van der Waals surface area contributed by atoms with Crippen LogP contribution in [0.15, 0.2) is 32.9 Å². The molecule has 0 spiro atoms. The van der Waals surface area contributed by atoms with Gasteiger partial charge in [0, 0.05) is 5.56 Å². The van der Waals surface area contributed by atoms with E-state index in [0.29, 0.717) is 15.6 Å². The van der Waals surface area contributed by atoms with E-state index in [9.17, 15) is 14.4 Å². The Morgan fingerprint density at radius 2 is 2.00 bits per heavy atom. The van der Waals surface area contributed by atoms with Crippen molar-refractivity contribution in [3.63, 3.8) is 0 Å². The van der Waals surface area contributed by atoms with E-state index >= 15 is 0 Å². The van der Waals surface area contributed by atoms with E-state index in [-0.39, 0.29) is 5.82 Å². The van der Waals surface area contributed by atoms with Crippen molar-refractivity contribution in [2.24, 2.45) is 5.10 Å². The van der Waals surface area contributed by atoms with Gasteiger partial charge in [-0.15, -0.1) is 5.10 Å². The van der Waals surface area contributed by atoms with Gasteiger partial charge < -0.3 is 5.32 Å².